The van der Waals surface area contributed by atoms with Gasteiger partial charge < -0.3 is 18.6 Å². The van der Waals surface area contributed by atoms with Gasteiger partial charge in [0.2, 0.25) is 5.89 Å². The second kappa shape index (κ2) is 9.73. The van der Waals surface area contributed by atoms with Crippen molar-refractivity contribution in [1.29, 1.82) is 0 Å². The minimum absolute atomic E-state index is 0.232. The molecule has 0 saturated carbocycles. The maximum Gasteiger partial charge on any atom is 0.331 e. The first kappa shape index (κ1) is 21.1. The Labute approximate surface area is 175 Å². The minimum Gasteiger partial charge on any atom is -0.493 e. The molecule has 30 heavy (non-hydrogen) atoms. The summed E-state index contributed by atoms with van der Waals surface area (Å²) < 4.78 is 21.8. The molecule has 0 amide bonds. The molecule has 0 spiro atoms. The Morgan fingerprint density at radius 1 is 1.13 bits per heavy atom. The molecule has 1 aromatic heterocycles. The number of hydrogen-bond acceptors (Lipinski definition) is 7. The van der Waals surface area contributed by atoms with Crippen LogP contribution in [0.15, 0.2) is 53.0 Å². The summed E-state index contributed by atoms with van der Waals surface area (Å²) in [7, 11) is 1.57. The monoisotopic (exact) mass is 408 g/mol. The van der Waals surface area contributed by atoms with Gasteiger partial charge in [-0.25, -0.2) is 4.79 Å². The van der Waals surface area contributed by atoms with Gasteiger partial charge in [-0.3, -0.25) is 0 Å². The molecule has 156 valence electrons. The fourth-order valence-electron chi connectivity index (χ4n) is 2.70. The molecule has 0 fully saturated rings. The molecule has 3 rings (SSSR count). The van der Waals surface area contributed by atoms with Crippen LogP contribution in [0.25, 0.3) is 17.5 Å². The van der Waals surface area contributed by atoms with Gasteiger partial charge in [-0.2, -0.15) is 0 Å². The summed E-state index contributed by atoms with van der Waals surface area (Å²) in [6, 6.07) is 13.1. The van der Waals surface area contributed by atoms with Gasteiger partial charge in [-0.05, 0) is 56.7 Å². The van der Waals surface area contributed by atoms with Gasteiger partial charge in [0.25, 0.3) is 5.89 Å². The topological polar surface area (TPSA) is 83.7 Å². The van der Waals surface area contributed by atoms with E-state index in [2.05, 4.69) is 10.2 Å². The van der Waals surface area contributed by atoms with Gasteiger partial charge >= 0.3 is 5.97 Å². The second-order valence-corrected chi connectivity index (χ2v) is 6.57. The van der Waals surface area contributed by atoms with Crippen LogP contribution in [0.2, 0.25) is 0 Å². The van der Waals surface area contributed by atoms with Crippen LogP contribution in [0.3, 0.4) is 0 Å². The zero-order chi connectivity index (χ0) is 21.5. The van der Waals surface area contributed by atoms with Crippen molar-refractivity contribution in [2.75, 3.05) is 13.7 Å². The lowest BCUT2D eigenvalue weighted by Crippen LogP contribution is -2.06. The fraction of sp³-hybridized carbons (Fsp3) is 0.261. The highest BCUT2D eigenvalue weighted by Crippen LogP contribution is 2.28. The number of esters is 1. The summed E-state index contributed by atoms with van der Waals surface area (Å²) in [5, 5.41) is 8.02. The molecule has 7 heteroatoms. The highest BCUT2D eigenvalue weighted by Gasteiger charge is 2.18. The van der Waals surface area contributed by atoms with Crippen LogP contribution >= 0.6 is 0 Å². The Balaban J connectivity index is 1.62. The van der Waals surface area contributed by atoms with Crippen molar-refractivity contribution in [2.45, 2.75) is 26.9 Å². The zero-order valence-corrected chi connectivity index (χ0v) is 17.4. The molecule has 0 saturated heterocycles. The van der Waals surface area contributed by atoms with Gasteiger partial charge in [0, 0.05) is 11.6 Å². The number of carbonyl (C=O) groups excluding carboxylic acids is 1. The molecule has 0 unspecified atom stereocenters. The van der Waals surface area contributed by atoms with E-state index >= 15 is 0 Å². The van der Waals surface area contributed by atoms with Crippen LogP contribution in [0.5, 0.6) is 11.5 Å². The first-order chi connectivity index (χ1) is 14.5. The zero-order valence-electron chi connectivity index (χ0n) is 17.4. The number of carbonyl (C=O) groups is 1. The van der Waals surface area contributed by atoms with Gasteiger partial charge in [0.15, 0.2) is 17.6 Å². The minimum atomic E-state index is -0.677. The Bertz CT molecular complexity index is 1020. The van der Waals surface area contributed by atoms with Crippen molar-refractivity contribution in [2.24, 2.45) is 0 Å². The molecule has 0 aliphatic heterocycles. The van der Waals surface area contributed by atoms with Gasteiger partial charge in [0.1, 0.15) is 0 Å². The van der Waals surface area contributed by atoms with E-state index < -0.39 is 12.1 Å². The van der Waals surface area contributed by atoms with Gasteiger partial charge in [-0.15, -0.1) is 10.2 Å². The second-order valence-electron chi connectivity index (χ2n) is 6.57. The molecule has 1 heterocycles. The van der Waals surface area contributed by atoms with E-state index in [-0.39, 0.29) is 5.89 Å². The number of nitrogens with zero attached hydrogens (tertiary/aromatic N) is 2. The van der Waals surface area contributed by atoms with Crippen LogP contribution in [-0.4, -0.2) is 29.9 Å². The van der Waals surface area contributed by atoms with E-state index in [1.165, 1.54) is 6.08 Å². The predicted molar refractivity (Wildman–Crippen MR) is 112 cm³/mol. The number of methoxy groups -OCH3 is 1. The number of aryl methyl sites for hydroxylation is 1. The van der Waals surface area contributed by atoms with Crippen molar-refractivity contribution >= 4 is 12.0 Å². The van der Waals surface area contributed by atoms with Crippen molar-refractivity contribution in [3.8, 4) is 23.0 Å². The normalized spacial score (nSPS) is 12.0. The molecular formula is C23H24N2O5. The summed E-state index contributed by atoms with van der Waals surface area (Å²) in [4.78, 5) is 12.2. The smallest absolute Gasteiger partial charge is 0.331 e. The summed E-state index contributed by atoms with van der Waals surface area (Å²) in [5.74, 6) is 1.33. The molecule has 0 aliphatic carbocycles. The molecule has 0 bridgehead atoms. The van der Waals surface area contributed by atoms with E-state index in [1.54, 1.807) is 32.2 Å². The molecule has 0 radical (unpaired) electrons. The average molecular weight is 408 g/mol. The molecule has 0 N–H and O–H groups in total. The molecule has 1 atom stereocenters. The molecule has 0 aliphatic rings. The first-order valence-corrected chi connectivity index (χ1v) is 9.60. The number of ether oxygens (including phenoxy) is 3. The Kier molecular flexibility index (Phi) is 6.85. The third-order valence-electron chi connectivity index (χ3n) is 4.28. The summed E-state index contributed by atoms with van der Waals surface area (Å²) in [6.07, 6.45) is 2.30. The molecule has 2 aromatic carbocycles. The van der Waals surface area contributed by atoms with Crippen molar-refractivity contribution in [1.82, 2.24) is 10.2 Å². The van der Waals surface area contributed by atoms with E-state index in [9.17, 15) is 4.79 Å². The van der Waals surface area contributed by atoms with E-state index in [0.29, 0.717) is 24.0 Å². The fourth-order valence-corrected chi connectivity index (χ4v) is 2.70. The lowest BCUT2D eigenvalue weighted by Gasteiger charge is -2.09. The number of rotatable bonds is 8. The van der Waals surface area contributed by atoms with Crippen LogP contribution < -0.4 is 9.47 Å². The lowest BCUT2D eigenvalue weighted by atomic mass is 10.1. The van der Waals surface area contributed by atoms with E-state index in [0.717, 1.165) is 16.7 Å². The van der Waals surface area contributed by atoms with E-state index in [1.807, 2.05) is 44.2 Å². The SMILES string of the molecule is CCOc1ccc(/C=C/C(=O)O[C@H](C)c2nnc(-c3ccc(C)cc3)o2)cc1OC. The lowest BCUT2D eigenvalue weighted by molar-refractivity contribution is -0.143. The number of hydrogen-bond donors (Lipinski definition) is 0. The highest BCUT2D eigenvalue weighted by atomic mass is 16.6. The van der Waals surface area contributed by atoms with Gasteiger partial charge in [0.05, 0.1) is 13.7 Å². The number of benzene rings is 2. The largest absolute Gasteiger partial charge is 0.493 e. The first-order valence-electron chi connectivity index (χ1n) is 9.60. The molecule has 7 nitrogen and oxygen atoms in total. The van der Waals surface area contributed by atoms with Crippen LogP contribution in [0.1, 0.15) is 37.0 Å². The third-order valence-corrected chi connectivity index (χ3v) is 4.28. The quantitative estimate of drug-likeness (QED) is 0.392. The summed E-state index contributed by atoms with van der Waals surface area (Å²) in [6.45, 7) is 6.12. The third kappa shape index (κ3) is 5.26. The summed E-state index contributed by atoms with van der Waals surface area (Å²) >= 11 is 0. The van der Waals surface area contributed by atoms with Crippen molar-refractivity contribution < 1.29 is 23.4 Å². The molecule has 3 aromatic rings. The maximum absolute atomic E-state index is 12.2. The van der Waals surface area contributed by atoms with Crippen molar-refractivity contribution in [3.63, 3.8) is 0 Å². The van der Waals surface area contributed by atoms with Crippen molar-refractivity contribution in [3.05, 3.63) is 65.6 Å². The van der Waals surface area contributed by atoms with Crippen LogP contribution in [0.4, 0.5) is 0 Å². The predicted octanol–water partition coefficient (Wildman–Crippen LogP) is 4.77. The van der Waals surface area contributed by atoms with Crippen LogP contribution in [0, 0.1) is 6.92 Å². The Hall–Kier alpha value is -3.61. The Morgan fingerprint density at radius 2 is 1.90 bits per heavy atom. The van der Waals surface area contributed by atoms with E-state index in [4.69, 9.17) is 18.6 Å². The van der Waals surface area contributed by atoms with Gasteiger partial charge in [-0.1, -0.05) is 23.8 Å². The van der Waals surface area contributed by atoms with Crippen LogP contribution in [-0.2, 0) is 9.53 Å². The number of aromatic nitrogens is 2. The standard InChI is InChI=1S/C23H24N2O5/c1-5-28-19-12-8-17(14-20(19)27-4)9-13-21(26)29-16(3)22-24-25-23(30-22)18-10-6-15(2)7-11-18/h6-14,16H,5H2,1-4H3/b13-9+/t16-/m1/s1. The summed E-state index contributed by atoms with van der Waals surface area (Å²) in [5.41, 5.74) is 2.72. The molecular weight excluding hydrogens is 384 g/mol. The Morgan fingerprint density at radius 3 is 2.60 bits per heavy atom. The highest BCUT2D eigenvalue weighted by molar-refractivity contribution is 5.87. The maximum atomic E-state index is 12.2. The average Bonchev–Trinajstić information content (AvgIpc) is 3.24.